The van der Waals surface area contributed by atoms with E-state index in [9.17, 15) is 0 Å². The monoisotopic (exact) mass is 267 g/mol. The molecule has 1 aliphatic carbocycles. The maximum absolute atomic E-state index is 6.44. The second kappa shape index (κ2) is 5.68. The Morgan fingerprint density at radius 1 is 1.10 bits per heavy atom. The van der Waals surface area contributed by atoms with E-state index in [2.05, 4.69) is 24.3 Å². The molecular formula is C18H21NO. The van der Waals surface area contributed by atoms with Crippen LogP contribution in [0.5, 0.6) is 5.75 Å². The fourth-order valence-corrected chi connectivity index (χ4v) is 2.85. The maximum atomic E-state index is 6.44. The summed E-state index contributed by atoms with van der Waals surface area (Å²) in [4.78, 5) is 0. The molecule has 0 amide bonds. The summed E-state index contributed by atoms with van der Waals surface area (Å²) in [6.07, 6.45) is 3.98. The lowest BCUT2D eigenvalue weighted by molar-refractivity contribution is 0.407. The normalized spacial score (nSPS) is 16.5. The van der Waals surface area contributed by atoms with E-state index in [4.69, 9.17) is 10.5 Å². The van der Waals surface area contributed by atoms with Gasteiger partial charge >= 0.3 is 0 Å². The van der Waals surface area contributed by atoms with Gasteiger partial charge < -0.3 is 10.5 Å². The molecule has 0 saturated heterocycles. The predicted octanol–water partition coefficient (Wildman–Crippen LogP) is 4.01. The van der Waals surface area contributed by atoms with Crippen molar-refractivity contribution in [3.63, 3.8) is 0 Å². The molecule has 2 N–H and O–H groups in total. The van der Waals surface area contributed by atoms with Crippen molar-refractivity contribution in [2.75, 3.05) is 7.11 Å². The lowest BCUT2D eigenvalue weighted by atomic mass is 9.79. The van der Waals surface area contributed by atoms with Crippen molar-refractivity contribution < 1.29 is 4.74 Å². The molecule has 1 atom stereocenters. The molecule has 1 aliphatic rings. The van der Waals surface area contributed by atoms with Crippen LogP contribution in [0.1, 0.15) is 47.9 Å². The zero-order chi connectivity index (χ0) is 13.9. The van der Waals surface area contributed by atoms with Crippen molar-refractivity contribution in [2.24, 2.45) is 5.73 Å². The Hall–Kier alpha value is -1.80. The summed E-state index contributed by atoms with van der Waals surface area (Å²) < 4.78 is 5.42. The molecule has 0 radical (unpaired) electrons. The number of nitrogens with two attached hydrogens (primary N) is 1. The number of methoxy groups -OCH3 is 1. The van der Waals surface area contributed by atoms with Gasteiger partial charge in [0, 0.05) is 5.56 Å². The average Bonchev–Trinajstić information content (AvgIpc) is 2.45. The maximum Gasteiger partial charge on any atom is 0.123 e. The molecule has 20 heavy (non-hydrogen) atoms. The van der Waals surface area contributed by atoms with Gasteiger partial charge in [-0.25, -0.2) is 0 Å². The van der Waals surface area contributed by atoms with E-state index in [1.54, 1.807) is 7.11 Å². The topological polar surface area (TPSA) is 35.2 Å². The molecular weight excluding hydrogens is 246 g/mol. The Balaban J connectivity index is 1.91. The second-order valence-corrected chi connectivity index (χ2v) is 5.52. The van der Waals surface area contributed by atoms with Gasteiger partial charge in [0.05, 0.1) is 13.2 Å². The van der Waals surface area contributed by atoms with Gasteiger partial charge in [0.15, 0.2) is 0 Å². The first-order chi connectivity index (χ1) is 9.79. The van der Waals surface area contributed by atoms with Crippen molar-refractivity contribution in [3.8, 4) is 5.75 Å². The van der Waals surface area contributed by atoms with Gasteiger partial charge in [-0.3, -0.25) is 0 Å². The third-order valence-corrected chi connectivity index (χ3v) is 4.32. The highest BCUT2D eigenvalue weighted by Crippen LogP contribution is 2.37. The molecule has 2 heteroatoms. The van der Waals surface area contributed by atoms with Crippen molar-refractivity contribution in [3.05, 3.63) is 65.2 Å². The molecule has 0 bridgehead atoms. The standard InChI is InChI=1S/C18H21NO/c1-20-17-11-3-2-10-16(17)18(19)15-9-5-8-14(12-15)13-6-4-7-13/h2-3,5,8-13,18H,4,6-7,19H2,1H3. The van der Waals surface area contributed by atoms with Crippen LogP contribution in [0.4, 0.5) is 0 Å². The highest BCUT2D eigenvalue weighted by Gasteiger charge is 2.21. The lowest BCUT2D eigenvalue weighted by Gasteiger charge is -2.27. The fraction of sp³-hybridized carbons (Fsp3) is 0.333. The van der Waals surface area contributed by atoms with Crippen LogP contribution in [-0.2, 0) is 0 Å². The zero-order valence-corrected chi connectivity index (χ0v) is 11.9. The van der Waals surface area contributed by atoms with E-state index in [-0.39, 0.29) is 6.04 Å². The molecule has 2 nitrogen and oxygen atoms in total. The van der Waals surface area contributed by atoms with Crippen LogP contribution in [-0.4, -0.2) is 7.11 Å². The Bertz CT molecular complexity index is 589. The van der Waals surface area contributed by atoms with Crippen LogP contribution in [0.3, 0.4) is 0 Å². The molecule has 1 unspecified atom stereocenters. The minimum absolute atomic E-state index is 0.133. The summed E-state index contributed by atoms with van der Waals surface area (Å²) in [7, 11) is 1.69. The average molecular weight is 267 g/mol. The van der Waals surface area contributed by atoms with Gasteiger partial charge in [-0.1, -0.05) is 48.9 Å². The summed E-state index contributed by atoms with van der Waals surface area (Å²) in [5.74, 6) is 1.59. The van der Waals surface area contributed by atoms with E-state index < -0.39 is 0 Å². The molecule has 2 aromatic rings. The van der Waals surface area contributed by atoms with Gasteiger partial charge in [-0.15, -0.1) is 0 Å². The Kier molecular flexibility index (Phi) is 3.75. The SMILES string of the molecule is COc1ccccc1C(N)c1cccc(C2CCC2)c1. The summed E-state index contributed by atoms with van der Waals surface area (Å²) >= 11 is 0. The van der Waals surface area contributed by atoms with E-state index in [1.807, 2.05) is 24.3 Å². The first-order valence-corrected chi connectivity index (χ1v) is 7.28. The number of benzene rings is 2. The van der Waals surface area contributed by atoms with Crippen LogP contribution in [0, 0.1) is 0 Å². The highest BCUT2D eigenvalue weighted by molar-refractivity contribution is 5.42. The fourth-order valence-electron chi connectivity index (χ4n) is 2.85. The van der Waals surface area contributed by atoms with Crippen LogP contribution in [0.2, 0.25) is 0 Å². The number of hydrogen-bond donors (Lipinski definition) is 1. The molecule has 1 saturated carbocycles. The van der Waals surface area contributed by atoms with Crippen LogP contribution in [0.25, 0.3) is 0 Å². The van der Waals surface area contributed by atoms with Crippen molar-refractivity contribution in [1.82, 2.24) is 0 Å². The highest BCUT2D eigenvalue weighted by atomic mass is 16.5. The second-order valence-electron chi connectivity index (χ2n) is 5.52. The van der Waals surface area contributed by atoms with Crippen LogP contribution < -0.4 is 10.5 Å². The van der Waals surface area contributed by atoms with Crippen LogP contribution in [0.15, 0.2) is 48.5 Å². The zero-order valence-electron chi connectivity index (χ0n) is 11.9. The number of para-hydroxylation sites is 1. The van der Waals surface area contributed by atoms with E-state index in [0.29, 0.717) is 0 Å². The molecule has 0 aromatic heterocycles. The summed E-state index contributed by atoms with van der Waals surface area (Å²) in [6.45, 7) is 0. The summed E-state index contributed by atoms with van der Waals surface area (Å²) in [5.41, 5.74) is 10.1. The molecule has 0 spiro atoms. The third-order valence-electron chi connectivity index (χ3n) is 4.32. The van der Waals surface area contributed by atoms with Crippen molar-refractivity contribution in [2.45, 2.75) is 31.2 Å². The lowest BCUT2D eigenvalue weighted by Crippen LogP contribution is -2.14. The van der Waals surface area contributed by atoms with E-state index in [0.717, 1.165) is 17.2 Å². The smallest absolute Gasteiger partial charge is 0.123 e. The number of ether oxygens (including phenoxy) is 1. The Morgan fingerprint density at radius 2 is 1.90 bits per heavy atom. The van der Waals surface area contributed by atoms with Crippen LogP contribution >= 0.6 is 0 Å². The number of rotatable bonds is 4. The summed E-state index contributed by atoms with van der Waals surface area (Å²) in [6, 6.07) is 16.6. The first-order valence-electron chi connectivity index (χ1n) is 7.28. The molecule has 2 aromatic carbocycles. The van der Waals surface area contributed by atoms with Gasteiger partial charge in [-0.05, 0) is 36.0 Å². The third kappa shape index (κ3) is 2.44. The van der Waals surface area contributed by atoms with Crippen molar-refractivity contribution >= 4 is 0 Å². The van der Waals surface area contributed by atoms with Gasteiger partial charge in [0.25, 0.3) is 0 Å². The minimum atomic E-state index is -0.133. The minimum Gasteiger partial charge on any atom is -0.496 e. The largest absolute Gasteiger partial charge is 0.496 e. The molecule has 104 valence electrons. The Labute approximate surface area is 120 Å². The van der Waals surface area contributed by atoms with E-state index in [1.165, 1.54) is 30.4 Å². The van der Waals surface area contributed by atoms with E-state index >= 15 is 0 Å². The van der Waals surface area contributed by atoms with Gasteiger partial charge in [0.1, 0.15) is 5.75 Å². The molecule has 1 fully saturated rings. The number of hydrogen-bond acceptors (Lipinski definition) is 2. The predicted molar refractivity (Wildman–Crippen MR) is 82.1 cm³/mol. The molecule has 0 aliphatic heterocycles. The quantitative estimate of drug-likeness (QED) is 0.908. The Morgan fingerprint density at radius 3 is 2.60 bits per heavy atom. The van der Waals surface area contributed by atoms with Gasteiger partial charge in [0.2, 0.25) is 0 Å². The summed E-state index contributed by atoms with van der Waals surface area (Å²) in [5, 5.41) is 0. The van der Waals surface area contributed by atoms with Gasteiger partial charge in [-0.2, -0.15) is 0 Å². The molecule has 0 heterocycles. The van der Waals surface area contributed by atoms with Crippen molar-refractivity contribution in [1.29, 1.82) is 0 Å². The first kappa shape index (κ1) is 13.2. The molecule has 3 rings (SSSR count).